The number of ether oxygens (including phenoxy) is 5. The van der Waals surface area contributed by atoms with Gasteiger partial charge in [0.05, 0.1) is 39.2 Å². The van der Waals surface area contributed by atoms with Gasteiger partial charge in [0.15, 0.2) is 5.76 Å². The van der Waals surface area contributed by atoms with Crippen molar-refractivity contribution in [2.24, 2.45) is 13.0 Å². The van der Waals surface area contributed by atoms with Gasteiger partial charge in [0.1, 0.15) is 5.75 Å². The van der Waals surface area contributed by atoms with Gasteiger partial charge in [-0.1, -0.05) is 18.2 Å². The molecule has 1 aliphatic rings. The van der Waals surface area contributed by atoms with Crippen molar-refractivity contribution in [3.63, 3.8) is 0 Å². The molecule has 0 aliphatic carbocycles. The minimum atomic E-state index is -0.787. The Bertz CT molecular complexity index is 1740. The van der Waals surface area contributed by atoms with E-state index in [0.717, 1.165) is 33.6 Å². The van der Waals surface area contributed by atoms with Crippen molar-refractivity contribution in [2.75, 3.05) is 53.3 Å². The second-order valence-electron chi connectivity index (χ2n) is 11.6. The Hall–Kier alpha value is -4.36. The zero-order chi connectivity index (χ0) is 34.0. The first-order valence-electron chi connectivity index (χ1n) is 16.4. The van der Waals surface area contributed by atoms with Crippen LogP contribution in [0.25, 0.3) is 16.6 Å². The molecule has 0 bridgehead atoms. The van der Waals surface area contributed by atoms with E-state index in [1.165, 1.54) is 0 Å². The standard InChI is InChI=1S/C36H46N4O8/c1-5-47-36-28(14-17-45-19-20-46-18-16-41)30(33-24(2)39(3)40(35(33)43)26-9-7-6-8-10-26)22-32(48-36)34(42)37-15-13-25-23-38-31-12-11-27(44-4)21-29(25)31/h6-12,21-23,28,30,36,38,41H,5,13-20H2,1-4H3,(H,37,42). The summed E-state index contributed by atoms with van der Waals surface area (Å²) in [6.45, 7) is 5.78. The average Bonchev–Trinajstić information content (AvgIpc) is 3.60. The van der Waals surface area contributed by atoms with Crippen LogP contribution in [0.1, 0.15) is 36.1 Å². The maximum absolute atomic E-state index is 14.2. The molecule has 12 nitrogen and oxygen atoms in total. The zero-order valence-corrected chi connectivity index (χ0v) is 28.1. The van der Waals surface area contributed by atoms with E-state index in [0.29, 0.717) is 51.4 Å². The second-order valence-corrected chi connectivity index (χ2v) is 11.6. The molecule has 0 saturated heterocycles. The molecule has 48 heavy (non-hydrogen) atoms. The van der Waals surface area contributed by atoms with Gasteiger partial charge in [0, 0.05) is 67.0 Å². The van der Waals surface area contributed by atoms with Gasteiger partial charge in [-0.2, -0.15) is 0 Å². The number of aliphatic hydroxyl groups excluding tert-OH is 1. The molecule has 3 atom stereocenters. The number of hydrogen-bond donors (Lipinski definition) is 3. The molecule has 1 amide bonds. The highest BCUT2D eigenvalue weighted by Gasteiger charge is 2.41. The minimum absolute atomic E-state index is 0.0471. The molecule has 3 unspecified atom stereocenters. The van der Waals surface area contributed by atoms with Gasteiger partial charge in [-0.25, -0.2) is 4.68 Å². The van der Waals surface area contributed by atoms with Crippen molar-refractivity contribution in [1.29, 1.82) is 0 Å². The summed E-state index contributed by atoms with van der Waals surface area (Å²) in [6.07, 6.45) is 4.01. The van der Waals surface area contributed by atoms with Gasteiger partial charge < -0.3 is 39.1 Å². The summed E-state index contributed by atoms with van der Waals surface area (Å²) in [6, 6.07) is 15.3. The number of amides is 1. The highest BCUT2D eigenvalue weighted by molar-refractivity contribution is 5.92. The molecule has 0 radical (unpaired) electrons. The fourth-order valence-corrected chi connectivity index (χ4v) is 6.24. The number of para-hydroxylation sites is 1. The molecule has 5 rings (SSSR count). The lowest BCUT2D eigenvalue weighted by molar-refractivity contribution is -0.168. The third-order valence-electron chi connectivity index (χ3n) is 8.73. The number of carbonyl (C=O) groups is 1. The number of hydrogen-bond acceptors (Lipinski definition) is 8. The normalized spacial score (nSPS) is 17.7. The molecule has 0 fully saturated rings. The number of aliphatic hydroxyl groups is 1. The van der Waals surface area contributed by atoms with Crippen molar-refractivity contribution in [3.8, 4) is 11.4 Å². The van der Waals surface area contributed by atoms with Crippen LogP contribution in [-0.2, 0) is 37.2 Å². The van der Waals surface area contributed by atoms with E-state index < -0.39 is 12.2 Å². The van der Waals surface area contributed by atoms with E-state index in [2.05, 4.69) is 10.3 Å². The number of fused-ring (bicyclic) bond motifs is 1. The Labute approximate surface area is 280 Å². The Balaban J connectivity index is 1.41. The number of aromatic nitrogens is 3. The summed E-state index contributed by atoms with van der Waals surface area (Å²) in [5.74, 6) is -0.315. The summed E-state index contributed by atoms with van der Waals surface area (Å²) in [5, 5.41) is 13.0. The van der Waals surface area contributed by atoms with Crippen LogP contribution in [0.2, 0.25) is 0 Å². The molecule has 3 N–H and O–H groups in total. The molecule has 4 aromatic rings. The van der Waals surface area contributed by atoms with E-state index >= 15 is 0 Å². The number of nitrogens with one attached hydrogen (secondary N) is 2. The van der Waals surface area contributed by atoms with Crippen molar-refractivity contribution in [2.45, 2.75) is 38.9 Å². The van der Waals surface area contributed by atoms with Gasteiger partial charge in [0.25, 0.3) is 11.5 Å². The Morgan fingerprint density at radius 1 is 1.08 bits per heavy atom. The highest BCUT2D eigenvalue weighted by Crippen LogP contribution is 2.39. The molecule has 3 heterocycles. The monoisotopic (exact) mass is 662 g/mol. The molecular formula is C36H46N4O8. The highest BCUT2D eigenvalue weighted by atomic mass is 16.7. The number of rotatable bonds is 17. The first-order valence-corrected chi connectivity index (χ1v) is 16.4. The summed E-state index contributed by atoms with van der Waals surface area (Å²) in [7, 11) is 3.49. The summed E-state index contributed by atoms with van der Waals surface area (Å²) >= 11 is 0. The van der Waals surface area contributed by atoms with Gasteiger partial charge >= 0.3 is 0 Å². The molecule has 2 aromatic carbocycles. The van der Waals surface area contributed by atoms with Crippen LogP contribution < -0.4 is 15.6 Å². The number of benzene rings is 2. The van der Waals surface area contributed by atoms with Crippen LogP contribution in [-0.4, -0.2) is 84.9 Å². The number of allylic oxidation sites excluding steroid dienone is 1. The summed E-state index contributed by atoms with van der Waals surface area (Å²) in [4.78, 5) is 31.1. The largest absolute Gasteiger partial charge is 0.497 e. The lowest BCUT2D eigenvalue weighted by Gasteiger charge is -2.36. The quantitative estimate of drug-likeness (QED) is 0.146. The van der Waals surface area contributed by atoms with Gasteiger partial charge in [-0.05, 0) is 68.7 Å². The van der Waals surface area contributed by atoms with Crippen LogP contribution in [0.15, 0.2) is 71.4 Å². The number of aromatic amines is 1. The smallest absolute Gasteiger partial charge is 0.286 e. The molecule has 2 aromatic heterocycles. The van der Waals surface area contributed by atoms with E-state index in [1.54, 1.807) is 17.9 Å². The third kappa shape index (κ3) is 7.84. The van der Waals surface area contributed by atoms with E-state index in [4.69, 9.17) is 28.8 Å². The molecule has 0 spiro atoms. The summed E-state index contributed by atoms with van der Waals surface area (Å²) in [5.41, 5.74) is 3.97. The predicted octanol–water partition coefficient (Wildman–Crippen LogP) is 3.73. The first-order chi connectivity index (χ1) is 23.4. The molecular weight excluding hydrogens is 616 g/mol. The van der Waals surface area contributed by atoms with Crippen LogP contribution in [0.5, 0.6) is 5.75 Å². The maximum Gasteiger partial charge on any atom is 0.286 e. The number of H-pyrrole nitrogens is 1. The van der Waals surface area contributed by atoms with E-state index in [9.17, 15) is 9.59 Å². The number of carbonyl (C=O) groups excluding carboxylic acids is 1. The minimum Gasteiger partial charge on any atom is -0.497 e. The Morgan fingerprint density at radius 2 is 1.85 bits per heavy atom. The zero-order valence-electron chi connectivity index (χ0n) is 28.1. The maximum atomic E-state index is 14.2. The average molecular weight is 663 g/mol. The van der Waals surface area contributed by atoms with Crippen molar-refractivity contribution < 1.29 is 33.6 Å². The van der Waals surface area contributed by atoms with Crippen LogP contribution in [0.3, 0.4) is 0 Å². The van der Waals surface area contributed by atoms with Crippen molar-refractivity contribution >= 4 is 16.8 Å². The third-order valence-corrected chi connectivity index (χ3v) is 8.73. The summed E-state index contributed by atoms with van der Waals surface area (Å²) < 4.78 is 32.4. The predicted molar refractivity (Wildman–Crippen MR) is 181 cm³/mol. The van der Waals surface area contributed by atoms with Gasteiger partial charge in [0.2, 0.25) is 6.29 Å². The SMILES string of the molecule is CCOC1OC(C(=O)NCCc2c[nH]c3ccc(OC)cc23)=CC(c2c(C)n(C)n(-c3ccccc3)c2=O)C1CCOCCOCCO. The first kappa shape index (κ1) is 35.0. The molecule has 1 aliphatic heterocycles. The van der Waals surface area contributed by atoms with Crippen molar-refractivity contribution in [3.05, 3.63) is 93.7 Å². The van der Waals surface area contributed by atoms with Crippen LogP contribution >= 0.6 is 0 Å². The molecule has 0 saturated carbocycles. The fraction of sp³-hybridized carbons (Fsp3) is 0.444. The topological polar surface area (TPSA) is 138 Å². The molecule has 12 heteroatoms. The fourth-order valence-electron chi connectivity index (χ4n) is 6.24. The van der Waals surface area contributed by atoms with E-state index in [1.807, 2.05) is 80.3 Å². The Morgan fingerprint density at radius 3 is 2.58 bits per heavy atom. The lowest BCUT2D eigenvalue weighted by atomic mass is 9.81. The molecule has 258 valence electrons. The number of methoxy groups -OCH3 is 1. The van der Waals surface area contributed by atoms with Crippen molar-refractivity contribution in [1.82, 2.24) is 19.7 Å². The van der Waals surface area contributed by atoms with Crippen LogP contribution in [0.4, 0.5) is 0 Å². The Kier molecular flexibility index (Phi) is 12.1. The lowest BCUT2D eigenvalue weighted by Crippen LogP contribution is -2.41. The van der Waals surface area contributed by atoms with E-state index in [-0.39, 0.29) is 36.4 Å². The van der Waals surface area contributed by atoms with Gasteiger partial charge in [-0.3, -0.25) is 14.3 Å². The second kappa shape index (κ2) is 16.6. The van der Waals surface area contributed by atoms with Crippen LogP contribution in [0, 0.1) is 12.8 Å². The van der Waals surface area contributed by atoms with Gasteiger partial charge in [-0.15, -0.1) is 0 Å². The number of nitrogens with zero attached hydrogens (tertiary/aromatic N) is 2.